The second-order valence-corrected chi connectivity index (χ2v) is 15.9. The molecule has 62 heavy (non-hydrogen) atoms. The molecule has 5 heterocycles. The number of fused-ring (bicyclic) bond motifs is 13. The van der Waals surface area contributed by atoms with E-state index in [2.05, 4.69) is 114 Å². The summed E-state index contributed by atoms with van der Waals surface area (Å²) in [5.41, 5.74) is 10.2. The lowest BCUT2D eigenvalue weighted by molar-refractivity contribution is 0.668. The maximum absolute atomic E-state index is 6.83. The summed E-state index contributed by atoms with van der Waals surface area (Å²) in [5.74, 6) is 1.52. The van der Waals surface area contributed by atoms with E-state index < -0.39 is 0 Å². The molecule has 0 atom stereocenters. The van der Waals surface area contributed by atoms with E-state index in [0.29, 0.717) is 23.1 Å². The lowest BCUT2D eigenvalue weighted by Gasteiger charge is -2.13. The standard InChI is InChI=1S/C55H30N4O3/c1-2-14-32-28-44-40(27-31(32)13-1)34-15-3-7-21-43(34)59(44)33-29-41-35-16-4-8-22-45(35)62-52(41)42(30-33)55-57-53(38-19-11-25-48-50(38)36-17-5-9-23-46(36)60-48)56-54(58-55)39-20-12-26-49-51(39)37-18-6-10-24-47(37)61-49/h1-30H. The van der Waals surface area contributed by atoms with Crippen molar-refractivity contribution >= 4 is 98.4 Å². The van der Waals surface area contributed by atoms with Gasteiger partial charge in [-0.2, -0.15) is 0 Å². The molecular weight excluding hydrogens is 765 g/mol. The van der Waals surface area contributed by atoms with E-state index in [-0.39, 0.29) is 0 Å². The highest BCUT2D eigenvalue weighted by atomic mass is 16.3. The number of furan rings is 3. The van der Waals surface area contributed by atoms with Crippen LogP contribution in [-0.2, 0) is 0 Å². The van der Waals surface area contributed by atoms with Crippen molar-refractivity contribution in [3.8, 4) is 39.9 Å². The van der Waals surface area contributed by atoms with Gasteiger partial charge in [0.05, 0.1) is 16.6 Å². The van der Waals surface area contributed by atoms with Crippen molar-refractivity contribution in [3.63, 3.8) is 0 Å². The Bertz CT molecular complexity index is 4060. The first-order valence-corrected chi connectivity index (χ1v) is 20.7. The average Bonchev–Trinajstić information content (AvgIpc) is 4.09. The Kier molecular flexibility index (Phi) is 6.71. The lowest BCUT2D eigenvalue weighted by atomic mass is 10.0. The molecule has 7 nitrogen and oxygen atoms in total. The van der Waals surface area contributed by atoms with E-state index in [0.717, 1.165) is 93.6 Å². The molecule has 288 valence electrons. The molecule has 9 aromatic carbocycles. The van der Waals surface area contributed by atoms with Gasteiger partial charge < -0.3 is 17.8 Å². The van der Waals surface area contributed by atoms with Crippen LogP contribution in [0, 0.1) is 0 Å². The Balaban J connectivity index is 1.11. The van der Waals surface area contributed by atoms with Gasteiger partial charge in [0, 0.05) is 59.9 Å². The van der Waals surface area contributed by atoms with Gasteiger partial charge in [-0.25, -0.2) is 15.0 Å². The molecule has 0 aliphatic rings. The summed E-state index contributed by atoms with van der Waals surface area (Å²) < 4.78 is 22.0. The third kappa shape index (κ3) is 4.73. The molecule has 5 aromatic heterocycles. The number of aromatic nitrogens is 4. The number of rotatable bonds is 4. The molecule has 0 spiro atoms. The van der Waals surface area contributed by atoms with E-state index in [4.69, 9.17) is 28.2 Å². The van der Waals surface area contributed by atoms with E-state index >= 15 is 0 Å². The predicted molar refractivity (Wildman–Crippen MR) is 250 cm³/mol. The second-order valence-electron chi connectivity index (χ2n) is 15.9. The highest BCUT2D eigenvalue weighted by Gasteiger charge is 2.24. The summed E-state index contributed by atoms with van der Waals surface area (Å²) in [6.07, 6.45) is 0. The molecule has 0 saturated carbocycles. The fourth-order valence-corrected chi connectivity index (χ4v) is 9.70. The summed E-state index contributed by atoms with van der Waals surface area (Å²) >= 11 is 0. The van der Waals surface area contributed by atoms with Gasteiger partial charge in [-0.1, -0.05) is 121 Å². The van der Waals surface area contributed by atoms with Crippen LogP contribution in [0.15, 0.2) is 195 Å². The molecule has 0 radical (unpaired) electrons. The minimum atomic E-state index is 0.483. The van der Waals surface area contributed by atoms with E-state index in [1.165, 1.54) is 21.5 Å². The van der Waals surface area contributed by atoms with Crippen molar-refractivity contribution in [1.29, 1.82) is 0 Å². The SMILES string of the molecule is c1ccc2cc3c(cc2c1)c1ccccc1n3-c1cc(-c2nc(-c3cccc4oc5ccccc5c34)nc(-c3cccc4oc5ccccc5c34)n2)c2oc3ccccc3c2c1. The van der Waals surface area contributed by atoms with Gasteiger partial charge in [0.15, 0.2) is 17.5 Å². The number of nitrogens with zero attached hydrogens (tertiary/aromatic N) is 4. The fraction of sp³-hybridized carbons (Fsp3) is 0. The van der Waals surface area contributed by atoms with Gasteiger partial charge in [-0.15, -0.1) is 0 Å². The molecule has 0 fully saturated rings. The first kappa shape index (κ1) is 33.3. The van der Waals surface area contributed by atoms with Crippen LogP contribution in [0.2, 0.25) is 0 Å². The van der Waals surface area contributed by atoms with Crippen LogP contribution >= 0.6 is 0 Å². The highest BCUT2D eigenvalue weighted by Crippen LogP contribution is 2.43. The minimum absolute atomic E-state index is 0.483. The molecule has 7 heteroatoms. The summed E-state index contributed by atoms with van der Waals surface area (Å²) in [5, 5.41) is 10.6. The topological polar surface area (TPSA) is 83.0 Å². The first-order valence-electron chi connectivity index (χ1n) is 20.7. The van der Waals surface area contributed by atoms with Crippen LogP contribution in [0.3, 0.4) is 0 Å². The zero-order valence-corrected chi connectivity index (χ0v) is 32.8. The van der Waals surface area contributed by atoms with Crippen LogP contribution in [0.4, 0.5) is 0 Å². The lowest BCUT2D eigenvalue weighted by Crippen LogP contribution is -2.02. The van der Waals surface area contributed by atoms with Crippen molar-refractivity contribution in [2.24, 2.45) is 0 Å². The van der Waals surface area contributed by atoms with Crippen LogP contribution in [0.1, 0.15) is 0 Å². The molecule has 0 aliphatic heterocycles. The van der Waals surface area contributed by atoms with Crippen molar-refractivity contribution in [1.82, 2.24) is 19.5 Å². The van der Waals surface area contributed by atoms with Gasteiger partial charge in [-0.05, 0) is 71.4 Å². The first-order chi connectivity index (χ1) is 30.7. The Morgan fingerprint density at radius 1 is 0.323 bits per heavy atom. The monoisotopic (exact) mass is 794 g/mol. The zero-order valence-electron chi connectivity index (χ0n) is 32.8. The van der Waals surface area contributed by atoms with E-state index in [1.807, 2.05) is 72.8 Å². The normalized spacial score (nSPS) is 12.2. The fourth-order valence-electron chi connectivity index (χ4n) is 9.70. The quantitative estimate of drug-likeness (QED) is 0.176. The molecule has 0 bridgehead atoms. The average molecular weight is 795 g/mol. The van der Waals surface area contributed by atoms with Gasteiger partial charge >= 0.3 is 0 Å². The summed E-state index contributed by atoms with van der Waals surface area (Å²) in [6.45, 7) is 0. The maximum Gasteiger partial charge on any atom is 0.167 e. The zero-order chi connectivity index (χ0) is 40.5. The third-order valence-corrected chi connectivity index (χ3v) is 12.4. The van der Waals surface area contributed by atoms with Crippen LogP contribution in [0.25, 0.3) is 138 Å². The molecule has 0 unspecified atom stereocenters. The minimum Gasteiger partial charge on any atom is -0.456 e. The van der Waals surface area contributed by atoms with Gasteiger partial charge in [0.1, 0.15) is 33.5 Å². The number of para-hydroxylation sites is 4. The maximum atomic E-state index is 6.83. The van der Waals surface area contributed by atoms with Crippen LogP contribution in [-0.4, -0.2) is 19.5 Å². The number of benzene rings is 9. The Morgan fingerprint density at radius 2 is 0.823 bits per heavy atom. The highest BCUT2D eigenvalue weighted by molar-refractivity contribution is 6.16. The molecule has 14 aromatic rings. The smallest absolute Gasteiger partial charge is 0.167 e. The van der Waals surface area contributed by atoms with Crippen molar-refractivity contribution in [2.45, 2.75) is 0 Å². The molecular formula is C55H30N4O3. The number of hydrogen-bond acceptors (Lipinski definition) is 6. The predicted octanol–water partition coefficient (Wildman–Crippen LogP) is 14.8. The second kappa shape index (κ2) is 12.5. The van der Waals surface area contributed by atoms with Crippen molar-refractivity contribution in [2.75, 3.05) is 0 Å². The van der Waals surface area contributed by atoms with Gasteiger partial charge in [0.25, 0.3) is 0 Å². The van der Waals surface area contributed by atoms with E-state index in [1.54, 1.807) is 0 Å². The molecule has 0 saturated heterocycles. The van der Waals surface area contributed by atoms with Crippen LogP contribution in [0.5, 0.6) is 0 Å². The molecule has 0 N–H and O–H groups in total. The summed E-state index contributed by atoms with van der Waals surface area (Å²) in [6, 6.07) is 62.7. The summed E-state index contributed by atoms with van der Waals surface area (Å²) in [4.78, 5) is 16.2. The molecule has 0 aliphatic carbocycles. The Hall–Kier alpha value is -8.55. The van der Waals surface area contributed by atoms with Crippen molar-refractivity contribution < 1.29 is 13.3 Å². The summed E-state index contributed by atoms with van der Waals surface area (Å²) in [7, 11) is 0. The number of hydrogen-bond donors (Lipinski definition) is 0. The van der Waals surface area contributed by atoms with E-state index in [9.17, 15) is 0 Å². The van der Waals surface area contributed by atoms with Crippen molar-refractivity contribution in [3.05, 3.63) is 182 Å². The Labute approximate surface area is 351 Å². The third-order valence-electron chi connectivity index (χ3n) is 12.4. The van der Waals surface area contributed by atoms with Gasteiger partial charge in [-0.3, -0.25) is 0 Å². The van der Waals surface area contributed by atoms with Crippen LogP contribution < -0.4 is 0 Å². The Morgan fingerprint density at radius 3 is 1.47 bits per heavy atom. The molecule has 0 amide bonds. The largest absolute Gasteiger partial charge is 0.456 e. The van der Waals surface area contributed by atoms with Gasteiger partial charge in [0.2, 0.25) is 0 Å². The molecule has 14 rings (SSSR count).